The van der Waals surface area contributed by atoms with Crippen molar-refractivity contribution < 1.29 is 19.4 Å². The first-order chi connectivity index (χ1) is 12.7. The van der Waals surface area contributed by atoms with Gasteiger partial charge < -0.3 is 15.5 Å². The summed E-state index contributed by atoms with van der Waals surface area (Å²) in [6.45, 7) is -0.0224. The number of likely N-dealkylation sites (N-methyl/N-ethyl adjacent to an activating group) is 1. The summed E-state index contributed by atoms with van der Waals surface area (Å²) in [5.74, 6) is -0.756. The number of nitro groups is 1. The first kappa shape index (κ1) is 20.6. The fraction of sp³-hybridized carbons (Fsp3) is 0.176. The molecule has 27 heavy (non-hydrogen) atoms. The minimum Gasteiger partial charge on any atom is -0.322 e. The van der Waals surface area contributed by atoms with Gasteiger partial charge in [-0.25, -0.2) is 0 Å². The van der Waals surface area contributed by atoms with Gasteiger partial charge in [-0.2, -0.15) is 0 Å². The van der Waals surface area contributed by atoms with E-state index in [1.54, 1.807) is 31.3 Å². The second-order valence-corrected chi connectivity index (χ2v) is 6.71. The zero-order valence-corrected chi connectivity index (χ0v) is 15.8. The molecule has 2 rings (SSSR count). The number of halogens is 2. The first-order valence-electron chi connectivity index (χ1n) is 7.85. The summed E-state index contributed by atoms with van der Waals surface area (Å²) in [7, 11) is 1.66. The van der Waals surface area contributed by atoms with Crippen molar-refractivity contribution in [2.24, 2.45) is 0 Å². The number of anilines is 2. The molecule has 0 aromatic heterocycles. The zero-order valence-electron chi connectivity index (χ0n) is 14.3. The molecule has 0 heterocycles. The number of benzene rings is 2. The molecule has 0 radical (unpaired) electrons. The van der Waals surface area contributed by atoms with Gasteiger partial charge in [0, 0.05) is 21.8 Å². The number of quaternary nitrogens is 1. The number of nitro benzene ring substituents is 1. The Labute approximate surface area is 165 Å². The Morgan fingerprint density at radius 3 is 2.15 bits per heavy atom. The third-order valence-electron chi connectivity index (χ3n) is 3.48. The predicted octanol–water partition coefficient (Wildman–Crippen LogP) is 1.99. The first-order valence-corrected chi connectivity index (χ1v) is 8.60. The number of carbonyl (C=O) groups excluding carboxylic acids is 2. The molecule has 1 atom stereocenters. The summed E-state index contributed by atoms with van der Waals surface area (Å²) >= 11 is 11.6. The Morgan fingerprint density at radius 1 is 1.00 bits per heavy atom. The lowest BCUT2D eigenvalue weighted by molar-refractivity contribution is -0.862. The average Bonchev–Trinajstić information content (AvgIpc) is 2.56. The minimum atomic E-state index is -0.609. The normalized spacial score (nSPS) is 11.5. The summed E-state index contributed by atoms with van der Waals surface area (Å²) in [5.41, 5.74) is 0.345. The third-order valence-corrected chi connectivity index (χ3v) is 3.97. The summed E-state index contributed by atoms with van der Waals surface area (Å²) in [5, 5.41) is 17.0. The molecule has 0 saturated carbocycles. The lowest BCUT2D eigenvalue weighted by Gasteiger charge is -2.14. The van der Waals surface area contributed by atoms with E-state index in [4.69, 9.17) is 23.2 Å². The van der Waals surface area contributed by atoms with E-state index >= 15 is 0 Å². The number of nitrogens with one attached hydrogen (secondary N) is 3. The van der Waals surface area contributed by atoms with Gasteiger partial charge in [0.2, 0.25) is 0 Å². The molecule has 142 valence electrons. The summed E-state index contributed by atoms with van der Waals surface area (Å²) in [6, 6.07) is 10.5. The lowest BCUT2D eigenvalue weighted by Crippen LogP contribution is -3.11. The van der Waals surface area contributed by atoms with Gasteiger partial charge in [-0.05, 0) is 36.4 Å². The number of carbonyl (C=O) groups is 2. The van der Waals surface area contributed by atoms with Crippen LogP contribution < -0.4 is 15.5 Å². The van der Waals surface area contributed by atoms with Crippen LogP contribution in [0.3, 0.4) is 0 Å². The van der Waals surface area contributed by atoms with Gasteiger partial charge in [0.05, 0.1) is 12.0 Å². The highest BCUT2D eigenvalue weighted by atomic mass is 35.5. The fourth-order valence-electron chi connectivity index (χ4n) is 2.31. The van der Waals surface area contributed by atoms with E-state index in [1.807, 2.05) is 0 Å². The molecule has 2 amide bonds. The monoisotopic (exact) mass is 411 g/mol. The van der Waals surface area contributed by atoms with E-state index in [-0.39, 0.29) is 35.4 Å². The van der Waals surface area contributed by atoms with E-state index in [0.717, 1.165) is 0 Å². The van der Waals surface area contributed by atoms with Crippen molar-refractivity contribution in [2.45, 2.75) is 0 Å². The topological polar surface area (TPSA) is 106 Å². The highest BCUT2D eigenvalue weighted by Gasteiger charge is 2.19. The highest BCUT2D eigenvalue weighted by molar-refractivity contribution is 6.31. The minimum absolute atomic E-state index is 0.0101. The second-order valence-electron chi connectivity index (χ2n) is 5.83. The van der Waals surface area contributed by atoms with E-state index in [9.17, 15) is 19.7 Å². The maximum Gasteiger partial charge on any atom is 0.292 e. The molecule has 2 aromatic rings. The molecule has 10 heteroatoms. The highest BCUT2D eigenvalue weighted by Crippen LogP contribution is 2.27. The average molecular weight is 412 g/mol. The van der Waals surface area contributed by atoms with Gasteiger partial charge >= 0.3 is 0 Å². The molecule has 0 aliphatic carbocycles. The molecule has 1 unspecified atom stereocenters. The van der Waals surface area contributed by atoms with Gasteiger partial charge in [0.15, 0.2) is 13.1 Å². The molecule has 2 aromatic carbocycles. The Bertz CT molecular complexity index is 859. The van der Waals surface area contributed by atoms with Crippen LogP contribution in [-0.4, -0.2) is 36.9 Å². The fourth-order valence-corrected chi connectivity index (χ4v) is 2.61. The van der Waals surface area contributed by atoms with Gasteiger partial charge in [0.1, 0.15) is 5.69 Å². The summed E-state index contributed by atoms with van der Waals surface area (Å²) < 4.78 is 0. The Morgan fingerprint density at radius 2 is 1.56 bits per heavy atom. The zero-order chi connectivity index (χ0) is 20.0. The van der Waals surface area contributed by atoms with E-state index in [2.05, 4.69) is 10.6 Å². The van der Waals surface area contributed by atoms with Crippen LogP contribution in [0.1, 0.15) is 0 Å². The van der Waals surface area contributed by atoms with Gasteiger partial charge in [-0.15, -0.1) is 0 Å². The Balaban J connectivity index is 1.90. The van der Waals surface area contributed by atoms with Crippen molar-refractivity contribution in [3.63, 3.8) is 0 Å². The van der Waals surface area contributed by atoms with Crippen molar-refractivity contribution >= 4 is 52.1 Å². The molecular formula is C17H17Cl2N4O4+. The summed E-state index contributed by atoms with van der Waals surface area (Å²) in [4.78, 5) is 35.2. The Kier molecular flexibility index (Phi) is 7.12. The van der Waals surface area contributed by atoms with Crippen LogP contribution in [0.5, 0.6) is 0 Å². The maximum absolute atomic E-state index is 12.1. The van der Waals surface area contributed by atoms with Crippen LogP contribution in [0.2, 0.25) is 10.0 Å². The lowest BCUT2D eigenvalue weighted by atomic mass is 10.2. The SMILES string of the molecule is C[NH+](CC(=O)Nc1ccc(Cl)cc1)CC(=O)Nc1cc(Cl)ccc1[N+](=O)[O-]. The molecule has 0 saturated heterocycles. The van der Waals surface area contributed by atoms with Crippen molar-refractivity contribution in [1.82, 2.24) is 0 Å². The quantitative estimate of drug-likeness (QED) is 0.478. The van der Waals surface area contributed by atoms with Crippen LogP contribution in [0.25, 0.3) is 0 Å². The molecular weight excluding hydrogens is 395 g/mol. The maximum atomic E-state index is 12.1. The number of amides is 2. The van der Waals surface area contributed by atoms with E-state index < -0.39 is 10.8 Å². The predicted molar refractivity (Wildman–Crippen MR) is 103 cm³/mol. The number of rotatable bonds is 7. The number of nitrogens with zero attached hydrogens (tertiary/aromatic N) is 1. The van der Waals surface area contributed by atoms with E-state index in [1.165, 1.54) is 18.2 Å². The Hall–Kier alpha value is -2.68. The van der Waals surface area contributed by atoms with Crippen LogP contribution in [0, 0.1) is 10.1 Å². The molecule has 0 aliphatic heterocycles. The standard InChI is InChI=1S/C17H16Cl2N4O4/c1-22(9-16(24)20-13-5-2-11(18)3-6-13)10-17(25)21-14-8-12(19)4-7-15(14)23(26)27/h2-8H,9-10H2,1H3,(H,20,24)(H,21,25)/p+1. The van der Waals surface area contributed by atoms with Crippen molar-refractivity contribution in [3.8, 4) is 0 Å². The number of hydrogen-bond donors (Lipinski definition) is 3. The number of hydrogen-bond acceptors (Lipinski definition) is 4. The van der Waals surface area contributed by atoms with Gasteiger partial charge in [-0.3, -0.25) is 19.7 Å². The molecule has 0 fully saturated rings. The molecule has 3 N–H and O–H groups in total. The third kappa shape index (κ3) is 6.52. The van der Waals surface area contributed by atoms with Crippen molar-refractivity contribution in [3.05, 3.63) is 62.6 Å². The van der Waals surface area contributed by atoms with Crippen LogP contribution in [0.4, 0.5) is 17.1 Å². The van der Waals surface area contributed by atoms with Crippen molar-refractivity contribution in [1.29, 1.82) is 0 Å². The van der Waals surface area contributed by atoms with E-state index in [0.29, 0.717) is 15.6 Å². The van der Waals surface area contributed by atoms with Crippen LogP contribution in [-0.2, 0) is 9.59 Å². The van der Waals surface area contributed by atoms with Gasteiger partial charge in [0.25, 0.3) is 17.5 Å². The van der Waals surface area contributed by atoms with Crippen molar-refractivity contribution in [2.75, 3.05) is 30.8 Å². The second kappa shape index (κ2) is 9.31. The van der Waals surface area contributed by atoms with Crippen LogP contribution >= 0.6 is 23.2 Å². The molecule has 0 spiro atoms. The van der Waals surface area contributed by atoms with Gasteiger partial charge in [-0.1, -0.05) is 23.2 Å². The molecule has 0 aliphatic rings. The summed E-state index contributed by atoms with van der Waals surface area (Å²) in [6.07, 6.45) is 0. The molecule has 0 bridgehead atoms. The smallest absolute Gasteiger partial charge is 0.292 e. The van der Waals surface area contributed by atoms with Crippen LogP contribution in [0.15, 0.2) is 42.5 Å². The largest absolute Gasteiger partial charge is 0.322 e. The molecule has 8 nitrogen and oxygen atoms in total.